The van der Waals surface area contributed by atoms with Crippen LogP contribution in [0.5, 0.6) is 5.75 Å². The van der Waals surface area contributed by atoms with E-state index in [1.54, 1.807) is 13.1 Å². The van der Waals surface area contributed by atoms with Crippen molar-refractivity contribution in [1.82, 2.24) is 8.87 Å². The molecule has 0 bridgehead atoms. The number of fused-ring (bicyclic) bond motifs is 1. The molecule has 2 aromatic carbocycles. The molecule has 0 atom stereocenters. The van der Waals surface area contributed by atoms with Gasteiger partial charge in [0.15, 0.2) is 4.80 Å². The van der Waals surface area contributed by atoms with Crippen molar-refractivity contribution in [2.24, 2.45) is 4.99 Å². The van der Waals surface area contributed by atoms with Gasteiger partial charge < -0.3 is 9.30 Å². The highest BCUT2D eigenvalue weighted by Crippen LogP contribution is 2.24. The third kappa shape index (κ3) is 5.61. The second-order valence-corrected chi connectivity index (χ2v) is 10.5. The molecule has 9 heteroatoms. The minimum Gasteiger partial charge on any atom is -0.494 e. The summed E-state index contributed by atoms with van der Waals surface area (Å²) in [6.45, 7) is 9.27. The van der Waals surface area contributed by atoms with Crippen molar-refractivity contribution in [1.29, 1.82) is 0 Å². The molecule has 0 fully saturated rings. The number of hydrogen-bond acceptors (Lipinski definition) is 5. The first-order valence-corrected chi connectivity index (χ1v) is 13.1. The Kier molecular flexibility index (Phi) is 8.23. The molecule has 0 N–H and O–H groups in total. The van der Waals surface area contributed by atoms with Crippen molar-refractivity contribution in [3.8, 4) is 5.75 Å². The average molecular weight is 488 g/mol. The van der Waals surface area contributed by atoms with Crippen LogP contribution >= 0.6 is 11.3 Å². The number of hydrogen-bond donors (Lipinski definition) is 0. The lowest BCUT2D eigenvalue weighted by atomic mass is 10.2. The molecular formula is C24H29N3O4S2. The Morgan fingerprint density at radius 1 is 1.21 bits per heavy atom. The van der Waals surface area contributed by atoms with E-state index in [4.69, 9.17) is 4.74 Å². The van der Waals surface area contributed by atoms with E-state index in [2.05, 4.69) is 11.6 Å². The first-order chi connectivity index (χ1) is 15.8. The molecule has 1 amide bonds. The molecule has 0 aliphatic heterocycles. The van der Waals surface area contributed by atoms with Gasteiger partial charge in [-0.05, 0) is 55.8 Å². The number of benzene rings is 2. The van der Waals surface area contributed by atoms with Crippen molar-refractivity contribution in [2.45, 2.75) is 38.1 Å². The molecule has 7 nitrogen and oxygen atoms in total. The zero-order chi connectivity index (χ0) is 24.0. The van der Waals surface area contributed by atoms with E-state index in [0.717, 1.165) is 28.8 Å². The maximum atomic E-state index is 12.9. The minimum absolute atomic E-state index is 0.157. The van der Waals surface area contributed by atoms with Gasteiger partial charge in [-0.25, -0.2) is 12.7 Å². The van der Waals surface area contributed by atoms with Crippen LogP contribution in [0, 0.1) is 0 Å². The largest absolute Gasteiger partial charge is 0.494 e. The summed E-state index contributed by atoms with van der Waals surface area (Å²) < 4.78 is 35.2. The first-order valence-electron chi connectivity index (χ1n) is 10.8. The molecule has 0 radical (unpaired) electrons. The van der Waals surface area contributed by atoms with Crippen LogP contribution in [0.1, 0.15) is 37.0 Å². The summed E-state index contributed by atoms with van der Waals surface area (Å²) in [5, 5.41) is 0. The number of rotatable bonds is 10. The van der Waals surface area contributed by atoms with Crippen molar-refractivity contribution in [3.63, 3.8) is 0 Å². The van der Waals surface area contributed by atoms with Crippen LogP contribution in [0.4, 0.5) is 0 Å². The molecule has 0 aliphatic rings. The van der Waals surface area contributed by atoms with Gasteiger partial charge in [0, 0.05) is 25.7 Å². The van der Waals surface area contributed by atoms with E-state index in [1.807, 2.05) is 36.6 Å². The van der Waals surface area contributed by atoms with E-state index in [1.165, 1.54) is 39.9 Å². The maximum Gasteiger partial charge on any atom is 0.279 e. The summed E-state index contributed by atoms with van der Waals surface area (Å²) in [4.78, 5) is 17.9. The fourth-order valence-corrected chi connectivity index (χ4v) is 5.58. The van der Waals surface area contributed by atoms with Crippen LogP contribution in [-0.4, -0.2) is 43.4 Å². The molecule has 1 heterocycles. The van der Waals surface area contributed by atoms with Crippen LogP contribution in [-0.2, 0) is 16.6 Å². The van der Waals surface area contributed by atoms with Crippen LogP contribution < -0.4 is 9.54 Å². The van der Waals surface area contributed by atoms with Crippen molar-refractivity contribution < 1.29 is 17.9 Å². The molecule has 0 aliphatic carbocycles. The number of carbonyl (C=O) groups is 1. The van der Waals surface area contributed by atoms with Gasteiger partial charge >= 0.3 is 0 Å². The highest BCUT2D eigenvalue weighted by Gasteiger charge is 2.20. The molecule has 3 aromatic rings. The fourth-order valence-electron chi connectivity index (χ4n) is 3.30. The number of aromatic nitrogens is 1. The van der Waals surface area contributed by atoms with E-state index >= 15 is 0 Å². The molecule has 33 heavy (non-hydrogen) atoms. The number of allylic oxidation sites excluding steroid dienone is 1. The Labute approximate surface area is 198 Å². The summed E-state index contributed by atoms with van der Waals surface area (Å²) in [7, 11) is -2.02. The van der Waals surface area contributed by atoms with Crippen molar-refractivity contribution in [2.75, 3.05) is 20.2 Å². The van der Waals surface area contributed by atoms with Crippen LogP contribution in [0.2, 0.25) is 0 Å². The van der Waals surface area contributed by atoms with Crippen LogP contribution in [0.15, 0.2) is 65.0 Å². The Bertz CT molecular complexity index is 1310. The Morgan fingerprint density at radius 2 is 1.94 bits per heavy atom. The second-order valence-electron chi connectivity index (χ2n) is 7.47. The number of ether oxygens (including phenoxy) is 1. The Morgan fingerprint density at radius 3 is 2.58 bits per heavy atom. The number of amides is 1. The van der Waals surface area contributed by atoms with E-state index in [9.17, 15) is 13.2 Å². The van der Waals surface area contributed by atoms with Gasteiger partial charge in [-0.1, -0.05) is 30.8 Å². The quantitative estimate of drug-likeness (QED) is 0.396. The summed E-state index contributed by atoms with van der Waals surface area (Å²) in [6.07, 6.45) is 3.45. The van der Waals surface area contributed by atoms with Crippen LogP contribution in [0.3, 0.4) is 0 Å². The van der Waals surface area contributed by atoms with Gasteiger partial charge in [-0.15, -0.1) is 6.58 Å². The highest BCUT2D eigenvalue weighted by molar-refractivity contribution is 7.89. The van der Waals surface area contributed by atoms with E-state index < -0.39 is 15.9 Å². The maximum absolute atomic E-state index is 12.9. The number of carbonyl (C=O) groups excluding carboxylic acids is 1. The SMILES string of the molecule is C=CCn1c(=NC(=O)c2ccc(S(=O)(=O)N(C)CCCC)cc2)sc2cc(OCC)ccc21. The molecule has 0 spiro atoms. The molecule has 0 saturated carbocycles. The van der Waals surface area contributed by atoms with Gasteiger partial charge in [0.25, 0.3) is 5.91 Å². The zero-order valence-corrected chi connectivity index (χ0v) is 20.8. The third-order valence-corrected chi connectivity index (χ3v) is 8.02. The van der Waals surface area contributed by atoms with Gasteiger partial charge in [0.05, 0.1) is 21.7 Å². The minimum atomic E-state index is -3.59. The molecule has 0 saturated heterocycles. The van der Waals surface area contributed by atoms with E-state index in [0.29, 0.717) is 30.1 Å². The van der Waals surface area contributed by atoms with Crippen molar-refractivity contribution in [3.05, 3.63) is 65.5 Å². The Balaban J connectivity index is 1.93. The topological polar surface area (TPSA) is 81.0 Å². The van der Waals surface area contributed by atoms with Gasteiger partial charge in [0.1, 0.15) is 5.75 Å². The second kappa shape index (κ2) is 10.9. The molecular weight excluding hydrogens is 458 g/mol. The standard InChI is InChI=1S/C24H29N3O4S2/c1-5-8-16-26(4)33(29,30)20-12-9-18(10-13-20)23(28)25-24-27(15-6-2)21-14-11-19(31-7-3)17-22(21)32-24/h6,9-14,17H,2,5,7-8,15-16H2,1,3-4H3. The summed E-state index contributed by atoms with van der Waals surface area (Å²) in [5.74, 6) is 0.322. The van der Waals surface area contributed by atoms with Gasteiger partial charge in [-0.2, -0.15) is 4.99 Å². The number of unbranched alkanes of at least 4 members (excludes halogenated alkanes) is 1. The summed E-state index contributed by atoms with van der Waals surface area (Å²) in [5.41, 5.74) is 1.26. The first kappa shape index (κ1) is 24.9. The molecule has 1 aromatic heterocycles. The summed E-state index contributed by atoms with van der Waals surface area (Å²) in [6, 6.07) is 11.7. The predicted octanol–water partition coefficient (Wildman–Crippen LogP) is 4.45. The monoisotopic (exact) mass is 487 g/mol. The lowest BCUT2D eigenvalue weighted by Crippen LogP contribution is -2.27. The van der Waals surface area contributed by atoms with Crippen LogP contribution in [0.25, 0.3) is 10.2 Å². The fraction of sp³-hybridized carbons (Fsp3) is 0.333. The molecule has 176 valence electrons. The zero-order valence-electron chi connectivity index (χ0n) is 19.2. The normalized spacial score (nSPS) is 12.4. The third-order valence-electron chi connectivity index (χ3n) is 5.11. The summed E-state index contributed by atoms with van der Waals surface area (Å²) >= 11 is 1.39. The number of thiazole rings is 1. The molecule has 3 rings (SSSR count). The number of sulfonamides is 1. The van der Waals surface area contributed by atoms with E-state index in [-0.39, 0.29) is 4.90 Å². The number of nitrogens with zero attached hydrogens (tertiary/aromatic N) is 3. The molecule has 0 unspecified atom stereocenters. The highest BCUT2D eigenvalue weighted by atomic mass is 32.2. The lowest BCUT2D eigenvalue weighted by Gasteiger charge is -2.16. The van der Waals surface area contributed by atoms with Gasteiger partial charge in [0.2, 0.25) is 10.0 Å². The predicted molar refractivity (Wildman–Crippen MR) is 132 cm³/mol. The van der Waals surface area contributed by atoms with Gasteiger partial charge in [-0.3, -0.25) is 4.79 Å². The average Bonchev–Trinajstić information content (AvgIpc) is 3.14. The smallest absolute Gasteiger partial charge is 0.279 e. The lowest BCUT2D eigenvalue weighted by molar-refractivity contribution is 0.0997. The van der Waals surface area contributed by atoms with Crippen molar-refractivity contribution >= 4 is 37.5 Å². The Hall–Kier alpha value is -2.75.